The van der Waals surface area contributed by atoms with Gasteiger partial charge in [0.1, 0.15) is 16.8 Å². The summed E-state index contributed by atoms with van der Waals surface area (Å²) in [5, 5.41) is 9.86. The molecule has 0 bridgehead atoms. The largest absolute Gasteiger partial charge is 0.507 e. The Morgan fingerprint density at radius 2 is 1.82 bits per heavy atom. The van der Waals surface area contributed by atoms with Crippen molar-refractivity contribution in [1.82, 2.24) is 0 Å². The van der Waals surface area contributed by atoms with Crippen LogP contribution >= 0.6 is 7.60 Å². The molecule has 0 amide bonds. The summed E-state index contributed by atoms with van der Waals surface area (Å²) in [6.45, 7) is 3.88. The van der Waals surface area contributed by atoms with E-state index in [4.69, 9.17) is 13.8 Å². The molecule has 0 aromatic heterocycles. The van der Waals surface area contributed by atoms with Crippen LogP contribution in [0.3, 0.4) is 0 Å². The second-order valence-electron chi connectivity index (χ2n) is 3.19. The van der Waals surface area contributed by atoms with Crippen LogP contribution in [0, 0.1) is 0 Å². The Bertz CT molecular complexity index is 408. The molecule has 0 heterocycles. The Hall–Kier alpha value is -1.03. The smallest absolute Gasteiger partial charge is 0.365 e. The van der Waals surface area contributed by atoms with Crippen molar-refractivity contribution in [1.29, 1.82) is 0 Å². The molecule has 1 rings (SSSR count). The van der Waals surface area contributed by atoms with E-state index in [1.165, 1.54) is 19.2 Å². The predicted octanol–water partition coefficient (Wildman–Crippen LogP) is 2.29. The summed E-state index contributed by atoms with van der Waals surface area (Å²) in [7, 11) is -1.99. The van der Waals surface area contributed by atoms with Gasteiger partial charge in [-0.25, -0.2) is 0 Å². The maximum absolute atomic E-state index is 12.4. The molecule has 0 aliphatic heterocycles. The van der Waals surface area contributed by atoms with Gasteiger partial charge in [-0.1, -0.05) is 0 Å². The van der Waals surface area contributed by atoms with Gasteiger partial charge in [0.25, 0.3) is 0 Å². The molecule has 0 fully saturated rings. The van der Waals surface area contributed by atoms with Gasteiger partial charge < -0.3 is 18.9 Å². The summed E-state index contributed by atoms with van der Waals surface area (Å²) in [5.74, 6) is 0.355. The third-order valence-corrected chi connectivity index (χ3v) is 4.22. The number of hydrogen-bond donors (Lipinski definition) is 1. The van der Waals surface area contributed by atoms with Crippen molar-refractivity contribution < 1.29 is 23.5 Å². The van der Waals surface area contributed by atoms with Crippen LogP contribution in [0.2, 0.25) is 0 Å². The number of methoxy groups -OCH3 is 1. The normalized spacial score (nSPS) is 11.5. The van der Waals surface area contributed by atoms with E-state index in [-0.39, 0.29) is 24.3 Å². The third-order valence-electron chi connectivity index (χ3n) is 2.08. The van der Waals surface area contributed by atoms with E-state index in [1.807, 2.05) is 0 Å². The summed E-state index contributed by atoms with van der Waals surface area (Å²) < 4.78 is 27.8. The van der Waals surface area contributed by atoms with E-state index >= 15 is 0 Å². The molecule has 17 heavy (non-hydrogen) atoms. The molecule has 0 atom stereocenters. The lowest BCUT2D eigenvalue weighted by Crippen LogP contribution is -2.11. The van der Waals surface area contributed by atoms with Crippen LogP contribution in [0.4, 0.5) is 0 Å². The van der Waals surface area contributed by atoms with Crippen molar-refractivity contribution in [3.8, 4) is 11.5 Å². The molecular weight excluding hydrogens is 243 g/mol. The van der Waals surface area contributed by atoms with Gasteiger partial charge in [0.15, 0.2) is 0 Å². The minimum atomic E-state index is -3.48. The van der Waals surface area contributed by atoms with Crippen molar-refractivity contribution in [3.05, 3.63) is 18.2 Å². The maximum atomic E-state index is 12.4. The Labute approximate surface area is 101 Å². The van der Waals surface area contributed by atoms with Crippen molar-refractivity contribution in [2.75, 3.05) is 20.3 Å². The molecule has 0 saturated heterocycles. The Morgan fingerprint density at radius 3 is 2.29 bits per heavy atom. The molecule has 1 aromatic carbocycles. The summed E-state index contributed by atoms with van der Waals surface area (Å²) in [4.78, 5) is 0. The van der Waals surface area contributed by atoms with Crippen LogP contribution in [0.15, 0.2) is 18.2 Å². The fourth-order valence-electron chi connectivity index (χ4n) is 1.37. The summed E-state index contributed by atoms with van der Waals surface area (Å²) in [5.41, 5.74) is 0. The number of rotatable bonds is 6. The van der Waals surface area contributed by atoms with Crippen LogP contribution in [0.5, 0.6) is 11.5 Å². The molecule has 1 aromatic rings. The molecule has 96 valence electrons. The van der Waals surface area contributed by atoms with Gasteiger partial charge in [0.2, 0.25) is 0 Å². The second kappa shape index (κ2) is 6.05. The number of benzene rings is 1. The lowest BCUT2D eigenvalue weighted by atomic mass is 10.3. The van der Waals surface area contributed by atoms with Crippen LogP contribution in [0.25, 0.3) is 0 Å². The zero-order valence-electron chi connectivity index (χ0n) is 10.2. The van der Waals surface area contributed by atoms with Crippen LogP contribution < -0.4 is 10.0 Å². The van der Waals surface area contributed by atoms with Gasteiger partial charge >= 0.3 is 7.60 Å². The van der Waals surface area contributed by atoms with Crippen molar-refractivity contribution in [2.24, 2.45) is 0 Å². The van der Waals surface area contributed by atoms with E-state index in [1.54, 1.807) is 19.9 Å². The standard InChI is InChI=1S/C11H17O5P/c1-4-15-17(13,16-5-2)11-8-9(14-3)6-7-10(11)12/h6-8,12H,4-5H2,1-3H3. The second-order valence-corrected chi connectivity index (χ2v) is 5.18. The number of ether oxygens (including phenoxy) is 1. The third kappa shape index (κ3) is 3.22. The number of phenolic OH excluding ortho intramolecular Hbond substituents is 1. The van der Waals surface area contributed by atoms with Gasteiger partial charge in [-0.3, -0.25) is 4.57 Å². The Kier molecular flexibility index (Phi) is 5.00. The monoisotopic (exact) mass is 260 g/mol. The first-order chi connectivity index (χ1) is 8.07. The average molecular weight is 260 g/mol. The lowest BCUT2D eigenvalue weighted by Gasteiger charge is -2.18. The summed E-state index contributed by atoms with van der Waals surface area (Å²) >= 11 is 0. The van der Waals surface area contributed by atoms with E-state index in [2.05, 4.69) is 0 Å². The summed E-state index contributed by atoms with van der Waals surface area (Å²) in [6.07, 6.45) is 0. The Balaban J connectivity index is 3.21. The van der Waals surface area contributed by atoms with Crippen LogP contribution in [-0.4, -0.2) is 25.4 Å². The van der Waals surface area contributed by atoms with Crippen molar-refractivity contribution in [3.63, 3.8) is 0 Å². The van der Waals surface area contributed by atoms with E-state index in [0.717, 1.165) is 0 Å². The molecule has 6 heteroatoms. The average Bonchev–Trinajstić information content (AvgIpc) is 2.30. The molecule has 0 unspecified atom stereocenters. The first-order valence-electron chi connectivity index (χ1n) is 5.34. The fraction of sp³-hybridized carbons (Fsp3) is 0.455. The number of phenols is 1. The predicted molar refractivity (Wildman–Crippen MR) is 65.2 cm³/mol. The minimum Gasteiger partial charge on any atom is -0.507 e. The minimum absolute atomic E-state index is 0.126. The first kappa shape index (κ1) is 14.0. The highest BCUT2D eigenvalue weighted by molar-refractivity contribution is 7.62. The highest BCUT2D eigenvalue weighted by Gasteiger charge is 2.30. The van der Waals surface area contributed by atoms with Gasteiger partial charge in [0, 0.05) is 0 Å². The molecule has 1 N–H and O–H groups in total. The molecule has 0 aliphatic carbocycles. The number of aromatic hydroxyl groups is 1. The van der Waals surface area contributed by atoms with Crippen molar-refractivity contribution in [2.45, 2.75) is 13.8 Å². The molecule has 5 nitrogen and oxygen atoms in total. The molecule has 0 radical (unpaired) electrons. The van der Waals surface area contributed by atoms with E-state index < -0.39 is 7.60 Å². The molecule has 0 spiro atoms. The highest BCUT2D eigenvalue weighted by atomic mass is 31.2. The van der Waals surface area contributed by atoms with Crippen LogP contribution in [0.1, 0.15) is 13.8 Å². The molecule has 0 saturated carbocycles. The van der Waals surface area contributed by atoms with Gasteiger partial charge in [0.05, 0.1) is 20.3 Å². The Morgan fingerprint density at radius 1 is 1.24 bits per heavy atom. The lowest BCUT2D eigenvalue weighted by molar-refractivity contribution is 0.229. The highest BCUT2D eigenvalue weighted by Crippen LogP contribution is 2.49. The summed E-state index contributed by atoms with van der Waals surface area (Å²) in [6, 6.07) is 4.43. The van der Waals surface area contributed by atoms with Crippen molar-refractivity contribution >= 4 is 12.9 Å². The van der Waals surface area contributed by atoms with Gasteiger partial charge in [-0.05, 0) is 32.0 Å². The van der Waals surface area contributed by atoms with E-state index in [0.29, 0.717) is 5.75 Å². The van der Waals surface area contributed by atoms with Gasteiger partial charge in [-0.15, -0.1) is 0 Å². The quantitative estimate of drug-likeness (QED) is 0.795. The van der Waals surface area contributed by atoms with Crippen LogP contribution in [-0.2, 0) is 13.6 Å². The maximum Gasteiger partial charge on any atom is 0.365 e. The molecular formula is C11H17O5P. The van der Waals surface area contributed by atoms with Gasteiger partial charge in [-0.2, -0.15) is 0 Å². The molecule has 0 aliphatic rings. The zero-order chi connectivity index (χ0) is 12.9. The van der Waals surface area contributed by atoms with E-state index in [9.17, 15) is 9.67 Å². The SMILES string of the molecule is CCOP(=O)(OCC)c1cc(OC)ccc1O. The number of hydrogen-bond acceptors (Lipinski definition) is 5. The fourth-order valence-corrected chi connectivity index (χ4v) is 3.04. The first-order valence-corrected chi connectivity index (χ1v) is 6.88. The topological polar surface area (TPSA) is 65.0 Å². The zero-order valence-corrected chi connectivity index (χ0v) is 11.1.